The van der Waals surface area contributed by atoms with E-state index in [0.717, 1.165) is 0 Å². The third-order valence-electron chi connectivity index (χ3n) is 2.28. The number of nitrogen functional groups attached to an aromatic ring is 1. The van der Waals surface area contributed by atoms with E-state index in [2.05, 4.69) is 16.7 Å². The molecule has 0 aromatic heterocycles. The van der Waals surface area contributed by atoms with Gasteiger partial charge in [-0.25, -0.2) is 0 Å². The van der Waals surface area contributed by atoms with E-state index in [0.29, 0.717) is 29.9 Å². The van der Waals surface area contributed by atoms with E-state index in [9.17, 15) is 4.79 Å². The summed E-state index contributed by atoms with van der Waals surface area (Å²) in [4.78, 5) is 11.4. The van der Waals surface area contributed by atoms with Gasteiger partial charge in [-0.3, -0.25) is 4.79 Å². The number of rotatable bonds is 5. The van der Waals surface area contributed by atoms with Crippen LogP contribution < -0.4 is 16.4 Å². The lowest BCUT2D eigenvalue weighted by Crippen LogP contribution is -2.31. The number of benzene rings is 1. The highest BCUT2D eigenvalue weighted by Crippen LogP contribution is 2.17. The van der Waals surface area contributed by atoms with Gasteiger partial charge in [-0.2, -0.15) is 5.26 Å². The van der Waals surface area contributed by atoms with Crippen LogP contribution in [0.25, 0.3) is 0 Å². The van der Waals surface area contributed by atoms with Gasteiger partial charge in [0.2, 0.25) is 5.91 Å². The van der Waals surface area contributed by atoms with E-state index < -0.39 is 0 Å². The van der Waals surface area contributed by atoms with Crippen LogP contribution in [0.5, 0.6) is 0 Å². The van der Waals surface area contributed by atoms with E-state index in [-0.39, 0.29) is 11.9 Å². The second kappa shape index (κ2) is 6.50. The van der Waals surface area contributed by atoms with E-state index in [1.165, 1.54) is 0 Å². The molecule has 0 atom stereocenters. The number of hydrogen-bond acceptors (Lipinski definition) is 4. The number of carbonyl (C=O) groups excluding carboxylic acids is 1. The second-order valence-corrected chi connectivity index (χ2v) is 4.32. The molecule has 0 unspecified atom stereocenters. The molecule has 0 saturated carbocycles. The Morgan fingerprint density at radius 2 is 2.22 bits per heavy atom. The zero-order valence-electron chi connectivity index (χ0n) is 10.7. The Morgan fingerprint density at radius 1 is 1.50 bits per heavy atom. The Bertz CT molecular complexity index is 463. The van der Waals surface area contributed by atoms with Gasteiger partial charge in [-0.1, -0.05) is 0 Å². The summed E-state index contributed by atoms with van der Waals surface area (Å²) >= 11 is 0. The molecule has 0 aliphatic rings. The summed E-state index contributed by atoms with van der Waals surface area (Å²) in [6.07, 6.45) is 0.368. The molecule has 0 saturated heterocycles. The van der Waals surface area contributed by atoms with Crippen molar-refractivity contribution < 1.29 is 4.79 Å². The first-order valence-corrected chi connectivity index (χ1v) is 5.85. The summed E-state index contributed by atoms with van der Waals surface area (Å²) in [5.74, 6) is -0.00791. The van der Waals surface area contributed by atoms with Crippen LogP contribution in [0.1, 0.15) is 25.8 Å². The summed E-state index contributed by atoms with van der Waals surface area (Å²) in [5.41, 5.74) is 7.33. The minimum absolute atomic E-state index is 0.00791. The van der Waals surface area contributed by atoms with Gasteiger partial charge in [0.15, 0.2) is 0 Å². The molecule has 1 amide bonds. The molecule has 1 aromatic carbocycles. The lowest BCUT2D eigenvalue weighted by atomic mass is 10.1. The largest absolute Gasteiger partial charge is 0.399 e. The molecule has 5 nitrogen and oxygen atoms in total. The molecule has 1 rings (SSSR count). The normalized spacial score (nSPS) is 9.89. The first-order chi connectivity index (χ1) is 8.52. The van der Waals surface area contributed by atoms with Crippen molar-refractivity contribution in [1.82, 2.24) is 5.32 Å². The van der Waals surface area contributed by atoms with Crippen molar-refractivity contribution in [3.63, 3.8) is 0 Å². The molecule has 0 heterocycles. The average molecular weight is 246 g/mol. The summed E-state index contributed by atoms with van der Waals surface area (Å²) in [5, 5.41) is 14.8. The number of hydrogen-bond donors (Lipinski definition) is 3. The number of anilines is 2. The zero-order valence-corrected chi connectivity index (χ0v) is 10.7. The summed E-state index contributed by atoms with van der Waals surface area (Å²) in [6, 6.07) is 7.28. The van der Waals surface area contributed by atoms with Crippen LogP contribution in [0.2, 0.25) is 0 Å². The SMILES string of the molecule is CC(C)NC(=O)CCNc1ccc(N)cc1C#N. The lowest BCUT2D eigenvalue weighted by molar-refractivity contribution is -0.121. The predicted octanol–water partition coefficient (Wildman–Crippen LogP) is 1.47. The van der Waals surface area contributed by atoms with Gasteiger partial charge < -0.3 is 16.4 Å². The molecule has 18 heavy (non-hydrogen) atoms. The molecule has 0 spiro atoms. The van der Waals surface area contributed by atoms with Gasteiger partial charge in [-0.15, -0.1) is 0 Å². The third-order valence-corrected chi connectivity index (χ3v) is 2.28. The average Bonchev–Trinajstić information content (AvgIpc) is 2.30. The predicted molar refractivity (Wildman–Crippen MR) is 72.0 cm³/mol. The highest BCUT2D eigenvalue weighted by Gasteiger charge is 2.05. The van der Waals surface area contributed by atoms with Gasteiger partial charge >= 0.3 is 0 Å². The minimum Gasteiger partial charge on any atom is -0.399 e. The van der Waals surface area contributed by atoms with Crippen molar-refractivity contribution in [3.05, 3.63) is 23.8 Å². The molecule has 0 fully saturated rings. The summed E-state index contributed by atoms with van der Waals surface area (Å²) in [7, 11) is 0. The van der Waals surface area contributed by atoms with Crippen LogP contribution in [-0.2, 0) is 4.79 Å². The monoisotopic (exact) mass is 246 g/mol. The van der Waals surface area contributed by atoms with Crippen LogP contribution >= 0.6 is 0 Å². The molecule has 1 aromatic rings. The number of nitriles is 1. The van der Waals surface area contributed by atoms with E-state index in [1.807, 2.05) is 13.8 Å². The number of amides is 1. The molecule has 0 bridgehead atoms. The second-order valence-electron chi connectivity index (χ2n) is 4.32. The third kappa shape index (κ3) is 4.34. The lowest BCUT2D eigenvalue weighted by Gasteiger charge is -2.10. The Kier molecular flexibility index (Phi) is 5.00. The molecular weight excluding hydrogens is 228 g/mol. The highest BCUT2D eigenvalue weighted by molar-refractivity contribution is 5.76. The van der Waals surface area contributed by atoms with Crippen molar-refractivity contribution in [2.75, 3.05) is 17.6 Å². The highest BCUT2D eigenvalue weighted by atomic mass is 16.1. The van der Waals surface area contributed by atoms with Gasteiger partial charge in [0, 0.05) is 24.7 Å². The van der Waals surface area contributed by atoms with E-state index in [4.69, 9.17) is 11.0 Å². The van der Waals surface area contributed by atoms with Crippen molar-refractivity contribution in [2.45, 2.75) is 26.3 Å². The van der Waals surface area contributed by atoms with Crippen molar-refractivity contribution in [3.8, 4) is 6.07 Å². The fourth-order valence-corrected chi connectivity index (χ4v) is 1.51. The fourth-order valence-electron chi connectivity index (χ4n) is 1.51. The number of nitrogens with two attached hydrogens (primary N) is 1. The van der Waals surface area contributed by atoms with Gasteiger partial charge in [0.25, 0.3) is 0 Å². The molecule has 5 heteroatoms. The standard InChI is InChI=1S/C13H18N4O/c1-9(2)17-13(18)5-6-16-12-4-3-11(15)7-10(12)8-14/h3-4,7,9,16H,5-6,15H2,1-2H3,(H,17,18). The molecule has 0 aliphatic heterocycles. The fraction of sp³-hybridized carbons (Fsp3) is 0.385. The number of nitrogens with one attached hydrogen (secondary N) is 2. The van der Waals surface area contributed by atoms with Gasteiger partial charge in [-0.05, 0) is 32.0 Å². The van der Waals surface area contributed by atoms with E-state index >= 15 is 0 Å². The Labute approximate surface area is 107 Å². The first-order valence-electron chi connectivity index (χ1n) is 5.85. The van der Waals surface area contributed by atoms with E-state index in [1.54, 1.807) is 18.2 Å². The smallest absolute Gasteiger partial charge is 0.221 e. The molecule has 4 N–H and O–H groups in total. The molecule has 0 aliphatic carbocycles. The maximum absolute atomic E-state index is 11.4. The van der Waals surface area contributed by atoms with Crippen LogP contribution in [0.4, 0.5) is 11.4 Å². The Hall–Kier alpha value is -2.22. The van der Waals surface area contributed by atoms with Crippen LogP contribution in [0.3, 0.4) is 0 Å². The maximum atomic E-state index is 11.4. The van der Waals surface area contributed by atoms with Crippen LogP contribution in [-0.4, -0.2) is 18.5 Å². The topological polar surface area (TPSA) is 90.9 Å². The number of nitrogens with zero attached hydrogens (tertiary/aromatic N) is 1. The Balaban J connectivity index is 2.50. The van der Waals surface area contributed by atoms with Gasteiger partial charge in [0.05, 0.1) is 11.3 Å². The molecular formula is C13H18N4O. The Morgan fingerprint density at radius 3 is 2.83 bits per heavy atom. The first kappa shape index (κ1) is 13.8. The molecule has 96 valence electrons. The molecule has 0 radical (unpaired) electrons. The van der Waals surface area contributed by atoms with Crippen molar-refractivity contribution in [2.24, 2.45) is 0 Å². The van der Waals surface area contributed by atoms with Crippen molar-refractivity contribution >= 4 is 17.3 Å². The maximum Gasteiger partial charge on any atom is 0.221 e. The zero-order chi connectivity index (χ0) is 13.5. The quantitative estimate of drug-likeness (QED) is 0.686. The van der Waals surface area contributed by atoms with Crippen molar-refractivity contribution in [1.29, 1.82) is 5.26 Å². The summed E-state index contributed by atoms with van der Waals surface area (Å²) < 4.78 is 0. The summed E-state index contributed by atoms with van der Waals surface area (Å²) in [6.45, 7) is 4.31. The number of carbonyl (C=O) groups is 1. The van der Waals surface area contributed by atoms with Crippen LogP contribution in [0.15, 0.2) is 18.2 Å². The van der Waals surface area contributed by atoms with Gasteiger partial charge in [0.1, 0.15) is 6.07 Å². The minimum atomic E-state index is -0.00791. The van der Waals surface area contributed by atoms with Crippen LogP contribution in [0, 0.1) is 11.3 Å².